The van der Waals surface area contributed by atoms with E-state index in [1.165, 1.54) is 10.6 Å². The van der Waals surface area contributed by atoms with Crippen molar-refractivity contribution in [1.82, 2.24) is 0 Å². The maximum atomic E-state index is 2.17. The molecule has 14 heavy (non-hydrogen) atoms. The van der Waals surface area contributed by atoms with E-state index in [0.717, 1.165) is 8.58 Å². The molecule has 70 valence electrons. The molecule has 0 aromatic heterocycles. The van der Waals surface area contributed by atoms with E-state index in [4.69, 9.17) is 0 Å². The zero-order valence-corrected chi connectivity index (χ0v) is 11.6. The number of hydrogen-bond donors (Lipinski definition) is 0. The molecule has 0 bridgehead atoms. The number of hydrogen-bond acceptors (Lipinski definition) is 0. The quantitative estimate of drug-likeness (QED) is 0.712. The number of rotatable bonds is 2. The van der Waals surface area contributed by atoms with Crippen LogP contribution in [0.5, 0.6) is 0 Å². The van der Waals surface area contributed by atoms with E-state index in [2.05, 4.69) is 60.7 Å². The molecule has 0 nitrogen and oxygen atoms in total. The molecule has 0 unspecified atom stereocenters. The second-order valence-corrected chi connectivity index (χ2v) is 4.26. The van der Waals surface area contributed by atoms with Crippen molar-refractivity contribution >= 4 is 19.2 Å². The summed E-state index contributed by atoms with van der Waals surface area (Å²) in [5.41, 5.74) is 0. The molecule has 0 N–H and O–H groups in total. The molecule has 2 aromatic rings. The molecular formula is C12H11PW. The Balaban J connectivity index is 0.000000980. The molecule has 0 atom stereocenters. The zero-order chi connectivity index (χ0) is 8.93. The maximum Gasteiger partial charge on any atom is 0 e. The molecule has 0 aliphatic rings. The van der Waals surface area contributed by atoms with Crippen molar-refractivity contribution < 1.29 is 21.1 Å². The van der Waals surface area contributed by atoms with Crippen LogP contribution in [-0.4, -0.2) is 0 Å². The van der Waals surface area contributed by atoms with Crippen LogP contribution in [0.1, 0.15) is 0 Å². The summed E-state index contributed by atoms with van der Waals surface area (Å²) in [7, 11) is 0.777. The van der Waals surface area contributed by atoms with Crippen molar-refractivity contribution in [1.29, 1.82) is 0 Å². The van der Waals surface area contributed by atoms with E-state index < -0.39 is 0 Å². The molecular weight excluding hydrogens is 359 g/mol. The van der Waals surface area contributed by atoms with Crippen molar-refractivity contribution in [3.63, 3.8) is 0 Å². The van der Waals surface area contributed by atoms with Gasteiger partial charge in [0.25, 0.3) is 0 Å². The van der Waals surface area contributed by atoms with Gasteiger partial charge in [-0.25, -0.2) is 0 Å². The Morgan fingerprint density at radius 3 is 1.29 bits per heavy atom. The fraction of sp³-hybridized carbons (Fsp3) is 0. The Bertz CT molecular complexity index is 321. The van der Waals surface area contributed by atoms with Crippen LogP contribution >= 0.6 is 8.58 Å². The van der Waals surface area contributed by atoms with Crippen LogP contribution in [0.2, 0.25) is 0 Å². The second-order valence-electron chi connectivity index (χ2n) is 2.86. The van der Waals surface area contributed by atoms with Crippen LogP contribution in [0, 0.1) is 0 Å². The summed E-state index contributed by atoms with van der Waals surface area (Å²) in [5.74, 6) is 0. The van der Waals surface area contributed by atoms with E-state index in [1.807, 2.05) is 0 Å². The topological polar surface area (TPSA) is 0 Å². The molecule has 2 aromatic carbocycles. The van der Waals surface area contributed by atoms with E-state index >= 15 is 0 Å². The molecule has 2 rings (SSSR count). The van der Waals surface area contributed by atoms with Crippen LogP contribution in [0.15, 0.2) is 60.7 Å². The van der Waals surface area contributed by atoms with Crippen molar-refractivity contribution in [2.75, 3.05) is 0 Å². The Kier molecular flexibility index (Phi) is 5.08. The van der Waals surface area contributed by atoms with E-state index in [1.54, 1.807) is 0 Å². The predicted molar refractivity (Wildman–Crippen MR) is 60.5 cm³/mol. The van der Waals surface area contributed by atoms with Crippen molar-refractivity contribution in [3.05, 3.63) is 60.7 Å². The minimum atomic E-state index is 0. The van der Waals surface area contributed by atoms with E-state index in [0.29, 0.717) is 0 Å². The minimum Gasteiger partial charge on any atom is -0.0622 e. The minimum absolute atomic E-state index is 0. The van der Waals surface area contributed by atoms with Crippen LogP contribution in [0.4, 0.5) is 0 Å². The standard InChI is InChI=1S/C12H11P.W/c1-3-7-11(8-4-1)13-12-9-5-2-6-10-12;/h1-10,13H;. The first-order valence-corrected chi connectivity index (χ1v) is 5.32. The van der Waals surface area contributed by atoms with Crippen molar-refractivity contribution in [3.8, 4) is 0 Å². The van der Waals surface area contributed by atoms with Gasteiger partial charge in [0.15, 0.2) is 0 Å². The van der Waals surface area contributed by atoms with E-state index in [9.17, 15) is 0 Å². The SMILES string of the molecule is [W].c1ccc(Pc2ccccc2)cc1. The summed E-state index contributed by atoms with van der Waals surface area (Å²) >= 11 is 0. The fourth-order valence-electron chi connectivity index (χ4n) is 1.21. The second kappa shape index (κ2) is 6.12. The third-order valence-corrected chi connectivity index (χ3v) is 3.08. The van der Waals surface area contributed by atoms with Crippen LogP contribution in [-0.2, 0) is 21.1 Å². The van der Waals surface area contributed by atoms with Gasteiger partial charge in [0.05, 0.1) is 0 Å². The first kappa shape index (κ1) is 11.6. The van der Waals surface area contributed by atoms with Gasteiger partial charge < -0.3 is 0 Å². The Hall–Kier alpha value is -0.442. The zero-order valence-electron chi connectivity index (χ0n) is 7.68. The molecule has 0 saturated carbocycles. The first-order chi connectivity index (χ1) is 6.45. The van der Waals surface area contributed by atoms with Crippen molar-refractivity contribution in [2.45, 2.75) is 0 Å². The summed E-state index contributed by atoms with van der Waals surface area (Å²) in [6.45, 7) is 0. The van der Waals surface area contributed by atoms with Crippen LogP contribution < -0.4 is 10.6 Å². The molecule has 0 radical (unpaired) electrons. The molecule has 0 aliphatic carbocycles. The third-order valence-electron chi connectivity index (χ3n) is 1.84. The monoisotopic (exact) mass is 370 g/mol. The van der Waals surface area contributed by atoms with Gasteiger partial charge in [-0.15, -0.1) is 0 Å². The summed E-state index contributed by atoms with van der Waals surface area (Å²) in [4.78, 5) is 0. The largest absolute Gasteiger partial charge is 0.0622 e. The molecule has 0 spiro atoms. The van der Waals surface area contributed by atoms with Gasteiger partial charge in [-0.2, -0.15) is 0 Å². The molecule has 0 aliphatic heterocycles. The summed E-state index contributed by atoms with van der Waals surface area (Å²) in [6.07, 6.45) is 0. The normalized spacial score (nSPS) is 9.14. The summed E-state index contributed by atoms with van der Waals surface area (Å²) < 4.78 is 0. The third kappa shape index (κ3) is 3.37. The van der Waals surface area contributed by atoms with Crippen LogP contribution in [0.3, 0.4) is 0 Å². The maximum absolute atomic E-state index is 2.17. The molecule has 0 fully saturated rings. The smallest absolute Gasteiger partial charge is 0 e. The van der Waals surface area contributed by atoms with Gasteiger partial charge in [0.2, 0.25) is 0 Å². The first-order valence-electron chi connectivity index (χ1n) is 4.32. The molecule has 0 saturated heterocycles. The van der Waals surface area contributed by atoms with Gasteiger partial charge in [-0.05, 0) is 10.6 Å². The van der Waals surface area contributed by atoms with Gasteiger partial charge in [0.1, 0.15) is 0 Å². The Morgan fingerprint density at radius 2 is 0.929 bits per heavy atom. The van der Waals surface area contributed by atoms with Gasteiger partial charge in [0, 0.05) is 21.1 Å². The van der Waals surface area contributed by atoms with Gasteiger partial charge >= 0.3 is 0 Å². The summed E-state index contributed by atoms with van der Waals surface area (Å²) in [5, 5.41) is 2.79. The van der Waals surface area contributed by atoms with Gasteiger partial charge in [-0.1, -0.05) is 69.2 Å². The van der Waals surface area contributed by atoms with Crippen molar-refractivity contribution in [2.24, 2.45) is 0 Å². The van der Waals surface area contributed by atoms with E-state index in [-0.39, 0.29) is 21.1 Å². The average Bonchev–Trinajstić information content (AvgIpc) is 2.21. The molecule has 0 amide bonds. The molecule has 0 heterocycles. The average molecular weight is 370 g/mol. The predicted octanol–water partition coefficient (Wildman–Crippen LogP) is 2.31. The summed E-state index contributed by atoms with van der Waals surface area (Å²) in [6, 6.07) is 21.2. The fourth-order valence-corrected chi connectivity index (χ4v) is 2.26. The Labute approximate surface area is 101 Å². The molecule has 2 heteroatoms. The van der Waals surface area contributed by atoms with Crippen LogP contribution in [0.25, 0.3) is 0 Å². The number of benzene rings is 2. The van der Waals surface area contributed by atoms with Gasteiger partial charge in [-0.3, -0.25) is 0 Å². The Morgan fingerprint density at radius 1 is 0.571 bits per heavy atom.